The zero-order valence-electron chi connectivity index (χ0n) is 10.7. The molecule has 1 aromatic carbocycles. The van der Waals surface area contributed by atoms with Crippen LogP contribution in [0.5, 0.6) is 0 Å². The lowest BCUT2D eigenvalue weighted by atomic mass is 10.3. The van der Waals surface area contributed by atoms with Gasteiger partial charge in [0.25, 0.3) is 0 Å². The molecule has 1 unspecified atom stereocenters. The van der Waals surface area contributed by atoms with E-state index in [0.29, 0.717) is 16.9 Å². The lowest BCUT2D eigenvalue weighted by Crippen LogP contribution is -2.10. The van der Waals surface area contributed by atoms with Gasteiger partial charge in [0.15, 0.2) is 0 Å². The van der Waals surface area contributed by atoms with Gasteiger partial charge in [-0.3, -0.25) is 0 Å². The van der Waals surface area contributed by atoms with Gasteiger partial charge in [0.05, 0.1) is 20.9 Å². The third-order valence-electron chi connectivity index (χ3n) is 2.76. The molecule has 0 aliphatic rings. The first-order valence-corrected chi connectivity index (χ1v) is 8.10. The zero-order chi connectivity index (χ0) is 15.8. The summed E-state index contributed by atoms with van der Waals surface area (Å²) in [7, 11) is 0. The smallest absolute Gasteiger partial charge is 0.326 e. The highest BCUT2D eigenvalue weighted by Crippen LogP contribution is 2.32. The molecule has 0 N–H and O–H groups in total. The van der Waals surface area contributed by atoms with Gasteiger partial charge in [0.1, 0.15) is 11.6 Å². The quantitative estimate of drug-likeness (QED) is 0.494. The summed E-state index contributed by atoms with van der Waals surface area (Å²) in [5.41, 5.74) is -3.36. The van der Waals surface area contributed by atoms with Crippen molar-refractivity contribution in [2.45, 2.75) is 24.4 Å². The van der Waals surface area contributed by atoms with Gasteiger partial charge >= 0.3 is 5.51 Å². The van der Waals surface area contributed by atoms with Crippen LogP contribution in [0.3, 0.4) is 0 Å². The molecule has 1 atom stereocenters. The minimum absolute atomic E-state index is 0.0884. The van der Waals surface area contributed by atoms with E-state index in [1.165, 1.54) is 12.1 Å². The maximum absolute atomic E-state index is 13.5. The zero-order valence-corrected chi connectivity index (χ0v) is 13.9. The first kappa shape index (κ1) is 16.9. The van der Waals surface area contributed by atoms with Crippen molar-refractivity contribution < 1.29 is 17.6 Å². The molecular weight excluding hydrogens is 396 g/mol. The molecule has 0 saturated carbocycles. The minimum atomic E-state index is -4.28. The molecule has 21 heavy (non-hydrogen) atoms. The Morgan fingerprint density at radius 3 is 2.67 bits per heavy atom. The van der Waals surface area contributed by atoms with Crippen molar-refractivity contribution in [1.82, 2.24) is 9.55 Å². The third-order valence-corrected chi connectivity index (χ3v) is 4.27. The topological polar surface area (TPSA) is 17.8 Å². The number of hydrogen-bond acceptors (Lipinski definition) is 2. The van der Waals surface area contributed by atoms with Crippen LogP contribution in [0.2, 0.25) is 0 Å². The Kier molecular flexibility index (Phi) is 5.10. The van der Waals surface area contributed by atoms with Crippen LogP contribution < -0.4 is 0 Å². The van der Waals surface area contributed by atoms with Gasteiger partial charge in [0, 0.05) is 18.4 Å². The molecule has 0 radical (unpaired) electrons. The fourth-order valence-corrected chi connectivity index (χ4v) is 2.93. The van der Waals surface area contributed by atoms with Gasteiger partial charge in [-0.05, 0) is 40.7 Å². The predicted molar refractivity (Wildman–Crippen MR) is 80.2 cm³/mol. The highest BCUT2D eigenvalue weighted by atomic mass is 79.9. The minimum Gasteiger partial charge on any atom is -0.326 e. The predicted octanol–water partition coefficient (Wildman–Crippen LogP) is 5.49. The molecule has 116 valence electrons. The number of benzene rings is 1. The van der Waals surface area contributed by atoms with Crippen molar-refractivity contribution in [3.05, 3.63) is 28.2 Å². The Balaban J connectivity index is 2.39. The first-order chi connectivity index (χ1) is 9.69. The van der Waals surface area contributed by atoms with Crippen LogP contribution in [-0.4, -0.2) is 20.8 Å². The molecule has 2 aromatic rings. The maximum atomic E-state index is 13.5. The average Bonchev–Trinajstić information content (AvgIpc) is 2.67. The number of hydrogen-bond donors (Lipinski definition) is 0. The largest absolute Gasteiger partial charge is 0.441 e. The maximum Gasteiger partial charge on any atom is 0.441 e. The van der Waals surface area contributed by atoms with Gasteiger partial charge in [-0.1, -0.05) is 0 Å². The fraction of sp³-hybridized carbons (Fsp3) is 0.417. The molecule has 0 aliphatic heterocycles. The van der Waals surface area contributed by atoms with Crippen LogP contribution in [0.4, 0.5) is 17.6 Å². The van der Waals surface area contributed by atoms with Gasteiger partial charge in [0.2, 0.25) is 0 Å². The standard InChI is InChI=1S/C12H10BrClF4N2S/c1-6(14)11-19-9-5-8(15)7(13)4-10(9)20(11)2-3-21-12(16,17)18/h4-6H,2-3H2,1H3. The number of fused-ring (bicyclic) bond motifs is 1. The van der Waals surface area contributed by atoms with Gasteiger partial charge < -0.3 is 4.57 Å². The van der Waals surface area contributed by atoms with E-state index in [4.69, 9.17) is 11.6 Å². The van der Waals surface area contributed by atoms with Crippen LogP contribution in [0.1, 0.15) is 18.1 Å². The van der Waals surface area contributed by atoms with Crippen LogP contribution in [0.25, 0.3) is 11.0 Å². The Morgan fingerprint density at radius 2 is 2.10 bits per heavy atom. The first-order valence-electron chi connectivity index (χ1n) is 5.89. The van der Waals surface area contributed by atoms with Crippen LogP contribution in [-0.2, 0) is 6.54 Å². The normalized spacial score (nSPS) is 13.9. The Morgan fingerprint density at radius 1 is 1.43 bits per heavy atom. The molecule has 1 aromatic heterocycles. The highest BCUT2D eigenvalue weighted by Gasteiger charge is 2.28. The summed E-state index contributed by atoms with van der Waals surface area (Å²) in [4.78, 5) is 4.21. The highest BCUT2D eigenvalue weighted by molar-refractivity contribution is 9.10. The molecule has 0 fully saturated rings. The van der Waals surface area contributed by atoms with Crippen LogP contribution >= 0.6 is 39.3 Å². The van der Waals surface area contributed by atoms with E-state index in [0.717, 1.165) is 0 Å². The number of aryl methyl sites for hydroxylation is 1. The van der Waals surface area contributed by atoms with E-state index in [-0.39, 0.29) is 28.5 Å². The second kappa shape index (κ2) is 6.34. The van der Waals surface area contributed by atoms with Gasteiger partial charge in [-0.2, -0.15) is 13.2 Å². The van der Waals surface area contributed by atoms with E-state index < -0.39 is 16.7 Å². The summed E-state index contributed by atoms with van der Waals surface area (Å²) in [6, 6.07) is 2.73. The van der Waals surface area contributed by atoms with Crippen molar-refractivity contribution in [2.24, 2.45) is 0 Å². The molecule has 0 bridgehead atoms. The summed E-state index contributed by atoms with van der Waals surface area (Å²) in [5, 5.41) is -0.491. The summed E-state index contributed by atoms with van der Waals surface area (Å²) in [6.07, 6.45) is 0. The van der Waals surface area contributed by atoms with E-state index in [9.17, 15) is 17.6 Å². The SMILES string of the molecule is CC(Cl)c1nc2cc(F)c(Br)cc2n1CCSC(F)(F)F. The van der Waals surface area contributed by atoms with E-state index >= 15 is 0 Å². The second-order valence-electron chi connectivity index (χ2n) is 4.29. The monoisotopic (exact) mass is 404 g/mol. The average molecular weight is 406 g/mol. The lowest BCUT2D eigenvalue weighted by molar-refractivity contribution is -0.0328. The molecule has 9 heteroatoms. The molecule has 0 aliphatic carbocycles. The number of rotatable bonds is 4. The molecule has 0 amide bonds. The number of alkyl halides is 4. The molecular formula is C12H10BrClF4N2S. The number of halogens is 6. The molecule has 2 nitrogen and oxygen atoms in total. The number of nitrogens with zero attached hydrogens (tertiary/aromatic N) is 2. The van der Waals surface area contributed by atoms with E-state index in [2.05, 4.69) is 20.9 Å². The second-order valence-corrected chi connectivity index (χ2v) is 6.96. The van der Waals surface area contributed by atoms with Gasteiger partial charge in [-0.15, -0.1) is 11.6 Å². The molecule has 2 rings (SSSR count). The van der Waals surface area contributed by atoms with Crippen LogP contribution in [0.15, 0.2) is 16.6 Å². The fourth-order valence-electron chi connectivity index (χ4n) is 1.93. The number of imidazole rings is 1. The van der Waals surface area contributed by atoms with E-state index in [1.807, 2.05) is 0 Å². The van der Waals surface area contributed by atoms with Crippen molar-refractivity contribution in [2.75, 3.05) is 5.75 Å². The lowest BCUT2D eigenvalue weighted by Gasteiger charge is -2.11. The Labute approximate surface area is 136 Å². The summed E-state index contributed by atoms with van der Waals surface area (Å²) in [6.45, 7) is 1.76. The van der Waals surface area contributed by atoms with E-state index in [1.54, 1.807) is 11.5 Å². The van der Waals surface area contributed by atoms with Gasteiger partial charge in [-0.25, -0.2) is 9.37 Å². The molecule has 0 saturated heterocycles. The Bertz CT molecular complexity index is 657. The van der Waals surface area contributed by atoms with Crippen LogP contribution in [0, 0.1) is 5.82 Å². The molecule has 0 spiro atoms. The van der Waals surface area contributed by atoms with Crippen molar-refractivity contribution in [3.8, 4) is 0 Å². The van der Waals surface area contributed by atoms with Crippen molar-refractivity contribution in [1.29, 1.82) is 0 Å². The summed E-state index contributed by atoms with van der Waals surface area (Å²) in [5.74, 6) is -0.224. The third kappa shape index (κ3) is 4.04. The number of aromatic nitrogens is 2. The number of thioether (sulfide) groups is 1. The Hall–Kier alpha value is -0.470. The van der Waals surface area contributed by atoms with Crippen molar-refractivity contribution in [3.63, 3.8) is 0 Å². The summed E-state index contributed by atoms with van der Waals surface area (Å²) >= 11 is 8.96. The summed E-state index contributed by atoms with van der Waals surface area (Å²) < 4.78 is 52.0. The van der Waals surface area contributed by atoms with Crippen molar-refractivity contribution >= 4 is 50.3 Å². The molecule has 1 heterocycles.